The van der Waals surface area contributed by atoms with E-state index in [2.05, 4.69) is 40.7 Å². The lowest BCUT2D eigenvalue weighted by Crippen LogP contribution is -2.52. The van der Waals surface area contributed by atoms with Gasteiger partial charge in [0, 0.05) is 18.9 Å². The summed E-state index contributed by atoms with van der Waals surface area (Å²) in [7, 11) is 0. The summed E-state index contributed by atoms with van der Waals surface area (Å²) in [6.45, 7) is 15.2. The van der Waals surface area contributed by atoms with Crippen molar-refractivity contribution in [3.8, 4) is 28.4 Å². The molecule has 0 N–H and O–H groups in total. The van der Waals surface area contributed by atoms with Crippen LogP contribution in [0.5, 0.6) is 17.2 Å². The molecule has 8 atom stereocenters. The van der Waals surface area contributed by atoms with Crippen LogP contribution in [-0.2, 0) is 9.53 Å². The molecule has 302 valence electrons. The monoisotopic (exact) mass is 764 g/mol. The Balaban J connectivity index is 0.867. The Morgan fingerprint density at radius 2 is 1.75 bits per heavy atom. The molecule has 7 nitrogen and oxygen atoms in total. The normalized spacial score (nSPS) is 30.3. The van der Waals surface area contributed by atoms with Crippen molar-refractivity contribution in [1.29, 1.82) is 0 Å². The van der Waals surface area contributed by atoms with Crippen molar-refractivity contribution in [3.05, 3.63) is 64.0 Å². The minimum Gasteiger partial charge on any atom is -0.490 e. The van der Waals surface area contributed by atoms with E-state index in [1.807, 2.05) is 18.2 Å². The van der Waals surface area contributed by atoms with Crippen molar-refractivity contribution in [2.45, 2.75) is 131 Å². The molecule has 56 heavy (non-hydrogen) atoms. The van der Waals surface area contributed by atoms with Gasteiger partial charge in [-0.2, -0.15) is 0 Å². The van der Waals surface area contributed by atoms with Gasteiger partial charge >= 0.3 is 5.97 Å². The first-order valence-corrected chi connectivity index (χ1v) is 21.9. The summed E-state index contributed by atoms with van der Waals surface area (Å²) in [5, 5.41) is 0.443. The maximum absolute atomic E-state index is 13.7. The predicted molar refractivity (Wildman–Crippen MR) is 221 cm³/mol. The topological polar surface area (TPSA) is 84.2 Å². The maximum Gasteiger partial charge on any atom is 0.344 e. The lowest BCUT2D eigenvalue weighted by Gasteiger charge is -2.61. The highest BCUT2D eigenvalue weighted by Gasteiger charge is 2.56. The average Bonchev–Trinajstić information content (AvgIpc) is 3.41. The number of rotatable bonds is 10. The van der Waals surface area contributed by atoms with E-state index in [1.54, 1.807) is 25.1 Å². The quantitative estimate of drug-likeness (QED) is 0.150. The van der Waals surface area contributed by atoms with Gasteiger partial charge in [0.25, 0.3) is 0 Å². The molecule has 7 heteroatoms. The molecule has 0 bridgehead atoms. The summed E-state index contributed by atoms with van der Waals surface area (Å²) in [4.78, 5) is 26.8. The van der Waals surface area contributed by atoms with Crippen LogP contribution in [0, 0.1) is 53.3 Å². The highest BCUT2D eigenvalue weighted by Crippen LogP contribution is 2.65. The number of benzene rings is 2. The number of aryl methyl sites for hydroxylation is 1. The smallest absolute Gasteiger partial charge is 0.344 e. The first-order valence-electron chi connectivity index (χ1n) is 21.9. The Hall–Kier alpha value is -3.74. The number of fused-ring (bicyclic) bond motifs is 7. The Morgan fingerprint density at radius 3 is 2.57 bits per heavy atom. The van der Waals surface area contributed by atoms with Gasteiger partial charge in [-0.25, -0.2) is 4.79 Å². The maximum atomic E-state index is 13.7. The molecule has 0 radical (unpaired) electrons. The molecule has 0 spiro atoms. The Morgan fingerprint density at radius 1 is 0.929 bits per heavy atom. The second-order valence-corrected chi connectivity index (χ2v) is 19.2. The van der Waals surface area contributed by atoms with Crippen LogP contribution in [0.2, 0.25) is 0 Å². The van der Waals surface area contributed by atoms with E-state index in [4.69, 9.17) is 23.4 Å². The minimum absolute atomic E-state index is 0.121. The van der Waals surface area contributed by atoms with E-state index in [0.29, 0.717) is 63.7 Å². The third kappa shape index (κ3) is 7.65. The number of allylic oxidation sites excluding steroid dienone is 1. The van der Waals surface area contributed by atoms with Crippen LogP contribution < -0.4 is 19.6 Å². The fourth-order valence-corrected chi connectivity index (χ4v) is 12.0. The second kappa shape index (κ2) is 15.9. The highest BCUT2D eigenvalue weighted by molar-refractivity contribution is 5.84. The molecule has 3 aromatic rings. The first kappa shape index (κ1) is 39.1. The van der Waals surface area contributed by atoms with Crippen LogP contribution in [0.15, 0.2) is 57.3 Å². The zero-order valence-electron chi connectivity index (χ0n) is 34.8. The molecule has 0 saturated heterocycles. The second-order valence-electron chi connectivity index (χ2n) is 19.2. The number of hydrogen-bond acceptors (Lipinski definition) is 7. The molecule has 4 aliphatic carbocycles. The van der Waals surface area contributed by atoms with Gasteiger partial charge in [-0.1, -0.05) is 71.6 Å². The standard InChI is InChI=1S/C49H64O7/c1-30(2)9-7-10-31(3)34-11-17-40-38-15-13-35-26-37(19-22-49(35,6)41(38)20-21-48(40,5)28-34)56-45(50)29-54-36-14-16-39-43(27-36)55-32(4)46(47(39)51)33-12-18-42-44(25-33)53-24-8-23-52-42/h12-14,16,18,25,27,30-31,34,37-38,40-41H,7-11,15,17,19-24,26,28-29H2,1-6H3/t31-,34+,37+,38-,40+,41-,48-,49+/m1/s1. The van der Waals surface area contributed by atoms with Gasteiger partial charge in [-0.15, -0.1) is 0 Å². The third-order valence-corrected chi connectivity index (χ3v) is 15.1. The molecule has 8 rings (SSSR count). The molecule has 3 fully saturated rings. The largest absolute Gasteiger partial charge is 0.490 e. The first-order chi connectivity index (χ1) is 26.9. The van der Waals surface area contributed by atoms with E-state index in [0.717, 1.165) is 61.2 Å². The number of esters is 1. The molecule has 5 aliphatic rings. The Kier molecular flexibility index (Phi) is 11.1. The summed E-state index contributed by atoms with van der Waals surface area (Å²) in [6.07, 6.45) is 18.3. The van der Waals surface area contributed by atoms with E-state index < -0.39 is 0 Å². The summed E-state index contributed by atoms with van der Waals surface area (Å²) < 4.78 is 29.8. The zero-order valence-corrected chi connectivity index (χ0v) is 34.8. The van der Waals surface area contributed by atoms with Crippen molar-refractivity contribution in [2.75, 3.05) is 19.8 Å². The van der Waals surface area contributed by atoms with Crippen LogP contribution in [0.1, 0.15) is 124 Å². The zero-order chi connectivity index (χ0) is 39.2. The van der Waals surface area contributed by atoms with E-state index in [-0.39, 0.29) is 29.5 Å². The van der Waals surface area contributed by atoms with Crippen LogP contribution >= 0.6 is 0 Å². The molecular weight excluding hydrogens is 701 g/mol. The number of carbonyl (C=O) groups is 1. The van der Waals surface area contributed by atoms with Gasteiger partial charge in [0.1, 0.15) is 23.2 Å². The van der Waals surface area contributed by atoms with Crippen LogP contribution in [0.3, 0.4) is 0 Å². The summed E-state index contributed by atoms with van der Waals surface area (Å²) >= 11 is 0. The van der Waals surface area contributed by atoms with Crippen molar-refractivity contribution >= 4 is 16.9 Å². The molecule has 2 heterocycles. The van der Waals surface area contributed by atoms with E-state index in [1.165, 1.54) is 63.4 Å². The fraction of sp³-hybridized carbons (Fsp3) is 0.633. The van der Waals surface area contributed by atoms with Gasteiger partial charge < -0.3 is 23.4 Å². The third-order valence-electron chi connectivity index (χ3n) is 15.1. The van der Waals surface area contributed by atoms with Crippen LogP contribution in [0.25, 0.3) is 22.1 Å². The highest BCUT2D eigenvalue weighted by atomic mass is 16.6. The van der Waals surface area contributed by atoms with E-state index >= 15 is 0 Å². The molecule has 1 aliphatic heterocycles. The Labute approximate surface area is 333 Å². The summed E-state index contributed by atoms with van der Waals surface area (Å²) in [5.41, 5.74) is 3.69. The van der Waals surface area contributed by atoms with Crippen LogP contribution in [-0.4, -0.2) is 31.9 Å². The molecule has 3 saturated carbocycles. The van der Waals surface area contributed by atoms with Crippen molar-refractivity contribution in [1.82, 2.24) is 0 Å². The number of ether oxygens (including phenoxy) is 4. The van der Waals surface area contributed by atoms with Crippen molar-refractivity contribution in [2.24, 2.45) is 46.3 Å². The summed E-state index contributed by atoms with van der Waals surface area (Å²) in [6, 6.07) is 10.6. The molecular formula is C49H64O7. The van der Waals surface area contributed by atoms with Gasteiger partial charge in [-0.3, -0.25) is 4.79 Å². The van der Waals surface area contributed by atoms with Gasteiger partial charge in [-0.05, 0) is 134 Å². The fourth-order valence-electron chi connectivity index (χ4n) is 12.0. The predicted octanol–water partition coefficient (Wildman–Crippen LogP) is 11.7. The number of carbonyl (C=O) groups excluding carboxylic acids is 1. The molecule has 0 amide bonds. The summed E-state index contributed by atoms with van der Waals surface area (Å²) in [5.74, 6) is 6.79. The van der Waals surface area contributed by atoms with E-state index in [9.17, 15) is 9.59 Å². The molecule has 1 aromatic heterocycles. The molecule has 0 unspecified atom stereocenters. The van der Waals surface area contributed by atoms with Gasteiger partial charge in [0.15, 0.2) is 18.1 Å². The van der Waals surface area contributed by atoms with Gasteiger partial charge in [0.2, 0.25) is 5.43 Å². The van der Waals surface area contributed by atoms with Gasteiger partial charge in [0.05, 0.1) is 24.2 Å². The molecule has 2 aromatic carbocycles. The number of hydrogen-bond donors (Lipinski definition) is 0. The minimum atomic E-state index is -0.362. The SMILES string of the molecule is Cc1oc2cc(OCC(=O)O[C@H]3CC[C@@]4(C)C(=CC[C@H]5[C@H]4CC[C@]4(C)C[C@@H]([C@H](C)CCCC(C)C)CC[C@@H]54)C3)ccc2c(=O)c1-c1ccc2c(c1)OCCCO2. The van der Waals surface area contributed by atoms with Crippen LogP contribution in [0.4, 0.5) is 0 Å². The van der Waals surface area contributed by atoms with Crippen molar-refractivity contribution < 1.29 is 28.2 Å². The average molecular weight is 765 g/mol. The Bertz CT molecular complexity index is 2010. The van der Waals surface area contributed by atoms with Crippen molar-refractivity contribution in [3.63, 3.8) is 0 Å². The lowest BCUT2D eigenvalue weighted by atomic mass is 9.44. The lowest BCUT2D eigenvalue weighted by molar-refractivity contribution is -0.154.